The van der Waals surface area contributed by atoms with Crippen LogP contribution in [0.3, 0.4) is 0 Å². The first kappa shape index (κ1) is 17.6. The molecular weight excluding hydrogens is 324 g/mol. The van der Waals surface area contributed by atoms with Gasteiger partial charge >= 0.3 is 0 Å². The molecule has 1 N–H and O–H groups in total. The fourth-order valence-corrected chi connectivity index (χ4v) is 2.59. The van der Waals surface area contributed by atoms with Crippen molar-refractivity contribution < 1.29 is 4.79 Å². The van der Waals surface area contributed by atoms with E-state index in [1.165, 1.54) is 5.56 Å². The number of nitrogens with one attached hydrogen (secondary N) is 1. The van der Waals surface area contributed by atoms with Gasteiger partial charge in [-0.2, -0.15) is 0 Å². The topological polar surface area (TPSA) is 58.1 Å². The Morgan fingerprint density at radius 2 is 1.69 bits per heavy atom. The second-order valence-electron chi connectivity index (χ2n) is 6.10. The average Bonchev–Trinajstić information content (AvgIpc) is 2.69. The van der Waals surface area contributed by atoms with Crippen LogP contribution in [0.25, 0.3) is 0 Å². The SMILES string of the molecule is CCN(Cc1ccccc1)C(=O)c1ccc(Nc2ccc(C)cc2)nn1. The van der Waals surface area contributed by atoms with Crippen LogP contribution < -0.4 is 5.32 Å². The molecule has 3 aromatic rings. The van der Waals surface area contributed by atoms with Gasteiger partial charge in [0.2, 0.25) is 0 Å². The summed E-state index contributed by atoms with van der Waals surface area (Å²) in [5.74, 6) is 0.488. The third-order valence-electron chi connectivity index (χ3n) is 4.09. The number of nitrogens with zero attached hydrogens (tertiary/aromatic N) is 3. The molecule has 5 nitrogen and oxygen atoms in total. The van der Waals surface area contributed by atoms with Crippen molar-refractivity contribution in [3.8, 4) is 0 Å². The standard InChI is InChI=1S/C21H22N4O/c1-3-25(15-17-7-5-4-6-8-17)21(26)19-13-14-20(24-23-19)22-18-11-9-16(2)10-12-18/h4-14H,3,15H2,1-2H3,(H,22,24). The molecule has 1 aromatic heterocycles. The van der Waals surface area contributed by atoms with Crippen molar-refractivity contribution in [1.29, 1.82) is 0 Å². The molecule has 0 fully saturated rings. The maximum Gasteiger partial charge on any atom is 0.274 e. The highest BCUT2D eigenvalue weighted by atomic mass is 16.2. The van der Waals surface area contributed by atoms with Gasteiger partial charge < -0.3 is 10.2 Å². The Bertz CT molecular complexity index is 845. The van der Waals surface area contributed by atoms with E-state index in [9.17, 15) is 4.79 Å². The fourth-order valence-electron chi connectivity index (χ4n) is 2.59. The van der Waals surface area contributed by atoms with Gasteiger partial charge in [0, 0.05) is 18.8 Å². The lowest BCUT2D eigenvalue weighted by molar-refractivity contribution is 0.0745. The van der Waals surface area contributed by atoms with Gasteiger partial charge in [0.1, 0.15) is 0 Å². The van der Waals surface area contributed by atoms with Crippen molar-refractivity contribution in [3.05, 3.63) is 83.6 Å². The lowest BCUT2D eigenvalue weighted by atomic mass is 10.2. The van der Waals surface area contributed by atoms with Crippen LogP contribution in [0.1, 0.15) is 28.5 Å². The number of hydrogen-bond donors (Lipinski definition) is 1. The van der Waals surface area contributed by atoms with Gasteiger partial charge in [-0.15, -0.1) is 10.2 Å². The molecular formula is C21H22N4O. The lowest BCUT2D eigenvalue weighted by Crippen LogP contribution is -2.31. The van der Waals surface area contributed by atoms with Crippen LogP contribution in [0.2, 0.25) is 0 Å². The van der Waals surface area contributed by atoms with E-state index in [0.29, 0.717) is 24.6 Å². The van der Waals surface area contributed by atoms with E-state index in [2.05, 4.69) is 15.5 Å². The average molecular weight is 346 g/mol. The molecule has 0 saturated heterocycles. The molecule has 1 heterocycles. The molecule has 0 aliphatic carbocycles. The summed E-state index contributed by atoms with van der Waals surface area (Å²) in [4.78, 5) is 14.4. The second kappa shape index (κ2) is 8.25. The van der Waals surface area contributed by atoms with Gasteiger partial charge in [-0.1, -0.05) is 48.0 Å². The molecule has 0 radical (unpaired) electrons. The van der Waals surface area contributed by atoms with Crippen molar-refractivity contribution in [1.82, 2.24) is 15.1 Å². The lowest BCUT2D eigenvalue weighted by Gasteiger charge is -2.20. The summed E-state index contributed by atoms with van der Waals surface area (Å²) in [6.07, 6.45) is 0. The Morgan fingerprint density at radius 1 is 0.962 bits per heavy atom. The van der Waals surface area contributed by atoms with E-state index in [-0.39, 0.29) is 5.91 Å². The van der Waals surface area contributed by atoms with Gasteiger partial charge in [-0.3, -0.25) is 4.79 Å². The second-order valence-corrected chi connectivity index (χ2v) is 6.10. The highest BCUT2D eigenvalue weighted by Crippen LogP contribution is 2.15. The van der Waals surface area contributed by atoms with E-state index < -0.39 is 0 Å². The summed E-state index contributed by atoms with van der Waals surface area (Å²) < 4.78 is 0. The monoisotopic (exact) mass is 346 g/mol. The number of rotatable bonds is 6. The van der Waals surface area contributed by atoms with E-state index in [4.69, 9.17) is 0 Å². The molecule has 0 atom stereocenters. The molecule has 5 heteroatoms. The van der Waals surface area contributed by atoms with Crippen molar-refractivity contribution >= 4 is 17.4 Å². The van der Waals surface area contributed by atoms with Gasteiger partial charge in [-0.25, -0.2) is 0 Å². The third kappa shape index (κ3) is 4.45. The van der Waals surface area contributed by atoms with Gasteiger partial charge in [-0.05, 0) is 43.7 Å². The molecule has 3 rings (SSSR count). The highest BCUT2D eigenvalue weighted by molar-refractivity contribution is 5.92. The number of aryl methyl sites for hydroxylation is 1. The summed E-state index contributed by atoms with van der Waals surface area (Å²) >= 11 is 0. The molecule has 1 amide bonds. The van der Waals surface area contributed by atoms with E-state index >= 15 is 0 Å². The largest absolute Gasteiger partial charge is 0.339 e. The zero-order valence-corrected chi connectivity index (χ0v) is 15.0. The Hall–Kier alpha value is -3.21. The summed E-state index contributed by atoms with van der Waals surface area (Å²) in [5.41, 5.74) is 3.56. The number of benzene rings is 2. The molecule has 0 spiro atoms. The molecule has 2 aromatic carbocycles. The quantitative estimate of drug-likeness (QED) is 0.727. The minimum absolute atomic E-state index is 0.120. The minimum Gasteiger partial charge on any atom is -0.339 e. The van der Waals surface area contributed by atoms with E-state index in [1.807, 2.05) is 68.4 Å². The number of carbonyl (C=O) groups is 1. The zero-order valence-electron chi connectivity index (χ0n) is 15.0. The Kier molecular flexibility index (Phi) is 5.59. The maximum absolute atomic E-state index is 12.7. The summed E-state index contributed by atoms with van der Waals surface area (Å²) in [7, 11) is 0. The molecule has 0 saturated carbocycles. The fraction of sp³-hybridized carbons (Fsp3) is 0.190. The van der Waals surface area contributed by atoms with Crippen LogP contribution in [-0.2, 0) is 6.54 Å². The Balaban J connectivity index is 1.68. The Morgan fingerprint density at radius 3 is 2.31 bits per heavy atom. The van der Waals surface area contributed by atoms with Crippen molar-refractivity contribution in [2.45, 2.75) is 20.4 Å². The molecule has 0 unspecified atom stereocenters. The first-order valence-electron chi connectivity index (χ1n) is 8.66. The van der Waals surface area contributed by atoms with Crippen LogP contribution in [-0.4, -0.2) is 27.5 Å². The molecule has 132 valence electrons. The van der Waals surface area contributed by atoms with E-state index in [1.54, 1.807) is 17.0 Å². The van der Waals surface area contributed by atoms with Crippen molar-refractivity contribution in [2.75, 3.05) is 11.9 Å². The minimum atomic E-state index is -0.120. The smallest absolute Gasteiger partial charge is 0.274 e. The normalized spacial score (nSPS) is 10.4. The predicted molar refractivity (Wildman–Crippen MR) is 103 cm³/mol. The number of aromatic nitrogens is 2. The molecule has 0 aliphatic rings. The summed E-state index contributed by atoms with van der Waals surface area (Å²) in [6.45, 7) is 5.17. The van der Waals surface area contributed by atoms with Gasteiger partial charge in [0.25, 0.3) is 5.91 Å². The number of hydrogen-bond acceptors (Lipinski definition) is 4. The van der Waals surface area contributed by atoms with Crippen molar-refractivity contribution in [3.63, 3.8) is 0 Å². The van der Waals surface area contributed by atoms with Crippen LogP contribution >= 0.6 is 0 Å². The Labute approximate surface area is 153 Å². The molecule has 0 bridgehead atoms. The van der Waals surface area contributed by atoms with Crippen LogP contribution in [0.15, 0.2) is 66.7 Å². The van der Waals surface area contributed by atoms with Crippen LogP contribution in [0, 0.1) is 6.92 Å². The first-order chi connectivity index (χ1) is 12.7. The predicted octanol–water partition coefficient (Wildman–Crippen LogP) is 4.19. The van der Waals surface area contributed by atoms with Crippen molar-refractivity contribution in [2.24, 2.45) is 0 Å². The highest BCUT2D eigenvalue weighted by Gasteiger charge is 2.16. The third-order valence-corrected chi connectivity index (χ3v) is 4.09. The van der Waals surface area contributed by atoms with Gasteiger partial charge in [0.05, 0.1) is 0 Å². The molecule has 26 heavy (non-hydrogen) atoms. The molecule has 0 aliphatic heterocycles. The van der Waals surface area contributed by atoms with Gasteiger partial charge in [0.15, 0.2) is 11.5 Å². The maximum atomic E-state index is 12.7. The van der Waals surface area contributed by atoms with Crippen LogP contribution in [0.5, 0.6) is 0 Å². The number of carbonyl (C=O) groups excluding carboxylic acids is 1. The summed E-state index contributed by atoms with van der Waals surface area (Å²) in [5, 5.41) is 11.4. The first-order valence-corrected chi connectivity index (χ1v) is 8.66. The summed E-state index contributed by atoms with van der Waals surface area (Å²) in [6, 6.07) is 21.4. The number of anilines is 2. The number of amides is 1. The van der Waals surface area contributed by atoms with E-state index in [0.717, 1.165) is 11.3 Å². The van der Waals surface area contributed by atoms with Crippen LogP contribution in [0.4, 0.5) is 11.5 Å². The zero-order chi connectivity index (χ0) is 18.4.